The van der Waals surface area contributed by atoms with Crippen LogP contribution in [0.5, 0.6) is 11.6 Å². The summed E-state index contributed by atoms with van der Waals surface area (Å²) in [6.07, 6.45) is 2.57. The Labute approximate surface area is 95.5 Å². The van der Waals surface area contributed by atoms with Gasteiger partial charge in [0.05, 0.1) is 12.2 Å². The lowest BCUT2D eigenvalue weighted by atomic mass is 10.3. The van der Waals surface area contributed by atoms with Gasteiger partial charge in [-0.05, 0) is 0 Å². The monoisotopic (exact) mass is 238 g/mol. The second-order valence-electron chi connectivity index (χ2n) is 3.22. The van der Waals surface area contributed by atoms with Gasteiger partial charge in [0, 0.05) is 24.4 Å². The summed E-state index contributed by atoms with van der Waals surface area (Å²) < 4.78 is 31.0. The third kappa shape index (κ3) is 2.73. The number of benzene rings is 1. The Morgan fingerprint density at radius 2 is 1.88 bits per heavy atom. The zero-order valence-electron chi connectivity index (χ0n) is 8.60. The van der Waals surface area contributed by atoms with Crippen LogP contribution in [-0.2, 0) is 6.61 Å². The minimum Gasteiger partial charge on any atom is -0.438 e. The van der Waals surface area contributed by atoms with Crippen LogP contribution in [-0.4, -0.2) is 15.1 Å². The number of hydrogen-bond acceptors (Lipinski definition) is 4. The summed E-state index contributed by atoms with van der Waals surface area (Å²) >= 11 is 0. The summed E-state index contributed by atoms with van der Waals surface area (Å²) in [5.41, 5.74) is 0.331. The van der Waals surface area contributed by atoms with E-state index in [1.165, 1.54) is 12.5 Å². The van der Waals surface area contributed by atoms with Gasteiger partial charge in [0.1, 0.15) is 23.7 Å². The van der Waals surface area contributed by atoms with Crippen LogP contribution in [0.1, 0.15) is 5.56 Å². The van der Waals surface area contributed by atoms with Gasteiger partial charge in [0.15, 0.2) is 0 Å². The number of hydrogen-bond donors (Lipinski definition) is 1. The van der Waals surface area contributed by atoms with E-state index in [9.17, 15) is 8.78 Å². The normalized spacial score (nSPS) is 10.3. The van der Waals surface area contributed by atoms with Crippen LogP contribution in [0.3, 0.4) is 0 Å². The van der Waals surface area contributed by atoms with E-state index in [4.69, 9.17) is 9.84 Å². The molecule has 0 bridgehead atoms. The molecule has 0 amide bonds. The molecule has 0 saturated carbocycles. The molecule has 88 valence electrons. The van der Waals surface area contributed by atoms with Crippen molar-refractivity contribution in [2.75, 3.05) is 0 Å². The predicted octanol–water partition coefficient (Wildman–Crippen LogP) is 2.04. The van der Waals surface area contributed by atoms with Gasteiger partial charge in [-0.25, -0.2) is 18.7 Å². The predicted molar refractivity (Wildman–Crippen MR) is 54.4 cm³/mol. The Hall–Kier alpha value is -2.08. The fourth-order valence-electron chi connectivity index (χ4n) is 1.25. The lowest BCUT2D eigenvalue weighted by Crippen LogP contribution is -1.96. The van der Waals surface area contributed by atoms with E-state index in [1.54, 1.807) is 0 Å². The lowest BCUT2D eigenvalue weighted by molar-refractivity contribution is 0.274. The van der Waals surface area contributed by atoms with Crippen molar-refractivity contribution >= 4 is 0 Å². The van der Waals surface area contributed by atoms with E-state index in [2.05, 4.69) is 9.97 Å². The van der Waals surface area contributed by atoms with Crippen molar-refractivity contribution in [2.24, 2.45) is 0 Å². The maximum absolute atomic E-state index is 12.9. The molecular weight excluding hydrogens is 230 g/mol. The molecule has 0 saturated heterocycles. The molecule has 4 nitrogen and oxygen atoms in total. The molecule has 1 aromatic heterocycles. The molecule has 2 rings (SSSR count). The number of ether oxygens (including phenoxy) is 1. The fraction of sp³-hybridized carbons (Fsp3) is 0.0909. The van der Waals surface area contributed by atoms with E-state index in [0.717, 1.165) is 18.2 Å². The van der Waals surface area contributed by atoms with Crippen LogP contribution in [0, 0.1) is 11.6 Å². The smallest absolute Gasteiger partial charge is 0.227 e. The maximum Gasteiger partial charge on any atom is 0.227 e. The Morgan fingerprint density at radius 1 is 1.18 bits per heavy atom. The SMILES string of the molecule is OCc1cncnc1Oc1cc(F)cc(F)c1. The highest BCUT2D eigenvalue weighted by Crippen LogP contribution is 2.23. The summed E-state index contributed by atoms with van der Waals surface area (Å²) in [6.45, 7) is -0.325. The van der Waals surface area contributed by atoms with Gasteiger partial charge in [0.2, 0.25) is 5.88 Å². The first kappa shape index (κ1) is 11.4. The number of rotatable bonds is 3. The summed E-state index contributed by atoms with van der Waals surface area (Å²) in [5.74, 6) is -1.47. The van der Waals surface area contributed by atoms with Gasteiger partial charge < -0.3 is 9.84 Å². The molecule has 0 aliphatic carbocycles. The number of nitrogens with zero attached hydrogens (tertiary/aromatic N) is 2. The van der Waals surface area contributed by atoms with Gasteiger partial charge in [-0.1, -0.05) is 0 Å². The molecule has 0 unspecified atom stereocenters. The molecule has 1 aromatic carbocycles. The maximum atomic E-state index is 12.9. The van der Waals surface area contributed by atoms with Crippen molar-refractivity contribution in [1.82, 2.24) is 9.97 Å². The van der Waals surface area contributed by atoms with E-state index in [1.807, 2.05) is 0 Å². The van der Waals surface area contributed by atoms with Gasteiger partial charge in [-0.15, -0.1) is 0 Å². The Kier molecular flexibility index (Phi) is 3.24. The van der Waals surface area contributed by atoms with Crippen LogP contribution in [0.25, 0.3) is 0 Å². The van der Waals surface area contributed by atoms with Crippen molar-refractivity contribution in [2.45, 2.75) is 6.61 Å². The third-order valence-corrected chi connectivity index (χ3v) is 1.97. The van der Waals surface area contributed by atoms with E-state index in [-0.39, 0.29) is 18.2 Å². The second-order valence-corrected chi connectivity index (χ2v) is 3.22. The molecule has 6 heteroatoms. The topological polar surface area (TPSA) is 55.2 Å². The van der Waals surface area contributed by atoms with Gasteiger partial charge in [0.25, 0.3) is 0 Å². The quantitative estimate of drug-likeness (QED) is 0.889. The highest BCUT2D eigenvalue weighted by molar-refractivity contribution is 5.31. The first-order valence-corrected chi connectivity index (χ1v) is 4.72. The third-order valence-electron chi connectivity index (χ3n) is 1.97. The summed E-state index contributed by atoms with van der Waals surface area (Å²) in [7, 11) is 0. The van der Waals surface area contributed by atoms with Gasteiger partial charge in [-0.3, -0.25) is 0 Å². The first-order valence-electron chi connectivity index (χ1n) is 4.72. The Balaban J connectivity index is 2.31. The minimum absolute atomic E-state index is 0.0316. The van der Waals surface area contributed by atoms with Crippen LogP contribution in [0.15, 0.2) is 30.7 Å². The second kappa shape index (κ2) is 4.84. The van der Waals surface area contributed by atoms with Gasteiger partial charge in [-0.2, -0.15) is 0 Å². The van der Waals surface area contributed by atoms with Crippen LogP contribution in [0.2, 0.25) is 0 Å². The number of aromatic nitrogens is 2. The van der Waals surface area contributed by atoms with E-state index in [0.29, 0.717) is 5.56 Å². The van der Waals surface area contributed by atoms with Crippen molar-refractivity contribution in [3.8, 4) is 11.6 Å². The Morgan fingerprint density at radius 3 is 2.53 bits per heavy atom. The van der Waals surface area contributed by atoms with E-state index >= 15 is 0 Å². The zero-order chi connectivity index (χ0) is 12.3. The minimum atomic E-state index is -0.750. The molecule has 2 aromatic rings. The molecule has 1 N–H and O–H groups in total. The number of halogens is 2. The molecule has 0 atom stereocenters. The summed E-state index contributed by atoms with van der Waals surface area (Å²) in [6, 6.07) is 2.78. The lowest BCUT2D eigenvalue weighted by Gasteiger charge is -2.07. The molecule has 17 heavy (non-hydrogen) atoms. The number of aliphatic hydroxyl groups excluding tert-OH is 1. The van der Waals surface area contributed by atoms with Crippen LogP contribution < -0.4 is 4.74 Å². The standard InChI is InChI=1S/C11H8F2N2O2/c12-8-1-9(13)3-10(2-8)17-11-7(5-16)4-14-6-15-11/h1-4,6,16H,5H2. The van der Waals surface area contributed by atoms with E-state index < -0.39 is 11.6 Å². The molecule has 0 fully saturated rings. The molecule has 0 spiro atoms. The fourth-order valence-corrected chi connectivity index (χ4v) is 1.25. The zero-order valence-corrected chi connectivity index (χ0v) is 8.60. The summed E-state index contributed by atoms with van der Waals surface area (Å²) in [4.78, 5) is 7.46. The van der Waals surface area contributed by atoms with Crippen molar-refractivity contribution in [3.05, 3.63) is 47.9 Å². The molecule has 0 aliphatic rings. The van der Waals surface area contributed by atoms with Crippen molar-refractivity contribution in [1.29, 1.82) is 0 Å². The highest BCUT2D eigenvalue weighted by Gasteiger charge is 2.07. The molecule has 0 aliphatic heterocycles. The van der Waals surface area contributed by atoms with Crippen molar-refractivity contribution in [3.63, 3.8) is 0 Å². The Bertz CT molecular complexity index is 514. The van der Waals surface area contributed by atoms with Crippen LogP contribution >= 0.6 is 0 Å². The average Bonchev–Trinajstić information content (AvgIpc) is 2.28. The van der Waals surface area contributed by atoms with Crippen LogP contribution in [0.4, 0.5) is 8.78 Å². The molecular formula is C11H8F2N2O2. The number of aliphatic hydroxyl groups is 1. The largest absolute Gasteiger partial charge is 0.438 e. The highest BCUT2D eigenvalue weighted by atomic mass is 19.1. The average molecular weight is 238 g/mol. The first-order chi connectivity index (χ1) is 8.19. The van der Waals surface area contributed by atoms with Gasteiger partial charge >= 0.3 is 0 Å². The molecule has 0 radical (unpaired) electrons. The summed E-state index contributed by atoms with van der Waals surface area (Å²) in [5, 5.41) is 9.00. The molecule has 1 heterocycles. The van der Waals surface area contributed by atoms with Crippen molar-refractivity contribution < 1.29 is 18.6 Å².